The maximum Gasteiger partial charge on any atom is 0.333 e. The van der Waals surface area contributed by atoms with Gasteiger partial charge in [0, 0.05) is 5.56 Å². The fourth-order valence-electron chi connectivity index (χ4n) is 2.61. The third kappa shape index (κ3) is 3.90. The summed E-state index contributed by atoms with van der Waals surface area (Å²) in [6.45, 7) is 0. The van der Waals surface area contributed by atoms with Gasteiger partial charge >= 0.3 is 6.03 Å². The minimum absolute atomic E-state index is 0.0801. The Labute approximate surface area is 174 Å². The molecule has 0 bridgehead atoms. The number of halogens is 1. The van der Waals surface area contributed by atoms with Gasteiger partial charge in [-0.3, -0.25) is 9.78 Å². The quantitative estimate of drug-likeness (QED) is 0.634. The van der Waals surface area contributed by atoms with Gasteiger partial charge in [0.25, 0.3) is 10.0 Å². The second-order valence-corrected chi connectivity index (χ2v) is 9.48. The molecule has 0 saturated heterocycles. The number of hydrogen-bond donors (Lipinski definition) is 2. The van der Waals surface area contributed by atoms with E-state index in [0.29, 0.717) is 16.9 Å². The predicted molar refractivity (Wildman–Crippen MR) is 110 cm³/mol. The molecule has 0 fully saturated rings. The van der Waals surface area contributed by atoms with Gasteiger partial charge in [-0.2, -0.15) is 0 Å². The van der Waals surface area contributed by atoms with E-state index in [9.17, 15) is 18.0 Å². The number of pyridine rings is 1. The van der Waals surface area contributed by atoms with Crippen LogP contribution in [0.1, 0.15) is 16.1 Å². The molecule has 11 heteroatoms. The van der Waals surface area contributed by atoms with Gasteiger partial charge in [0.05, 0.1) is 27.6 Å². The van der Waals surface area contributed by atoms with E-state index >= 15 is 0 Å². The van der Waals surface area contributed by atoms with Gasteiger partial charge in [0.1, 0.15) is 9.92 Å². The highest BCUT2D eigenvalue weighted by Crippen LogP contribution is 2.28. The van der Waals surface area contributed by atoms with Gasteiger partial charge in [-0.15, -0.1) is 11.3 Å². The number of carbonyl (C=O) groups is 2. The molecule has 1 aliphatic heterocycles. The zero-order chi connectivity index (χ0) is 20.6. The molecule has 0 saturated carbocycles. The number of hydrogen-bond acceptors (Lipinski definition) is 7. The van der Waals surface area contributed by atoms with Crippen molar-refractivity contribution in [2.24, 2.45) is 4.99 Å². The summed E-state index contributed by atoms with van der Waals surface area (Å²) < 4.78 is 26.4. The number of nitrogens with zero attached hydrogens (tertiary/aromatic N) is 2. The Balaban J connectivity index is 1.45. The Bertz CT molecular complexity index is 1270. The molecular formula is C18H11ClN4O4S2. The maximum atomic E-state index is 12.4. The Morgan fingerprint density at radius 1 is 1.07 bits per heavy atom. The highest BCUT2D eigenvalue weighted by atomic mass is 35.5. The van der Waals surface area contributed by atoms with Crippen molar-refractivity contribution in [2.75, 3.05) is 5.32 Å². The first-order valence-corrected chi connectivity index (χ1v) is 10.8. The highest BCUT2D eigenvalue weighted by molar-refractivity contribution is 7.92. The topological polar surface area (TPSA) is 118 Å². The smallest absolute Gasteiger partial charge is 0.306 e. The zero-order valence-corrected chi connectivity index (χ0v) is 16.8. The van der Waals surface area contributed by atoms with Crippen molar-refractivity contribution < 1.29 is 18.0 Å². The van der Waals surface area contributed by atoms with Gasteiger partial charge in [-0.25, -0.2) is 22.9 Å². The molecule has 0 atom stereocenters. The van der Waals surface area contributed by atoms with E-state index in [1.807, 2.05) is 4.72 Å². The van der Waals surface area contributed by atoms with E-state index in [4.69, 9.17) is 11.6 Å². The molecule has 0 radical (unpaired) electrons. The van der Waals surface area contributed by atoms with Crippen LogP contribution in [0.2, 0.25) is 4.34 Å². The third-order valence-corrected chi connectivity index (χ3v) is 6.95. The average Bonchev–Trinajstić information content (AvgIpc) is 3.27. The standard InChI is InChI=1S/C18H11ClN4O4S2/c19-14-7-8-15(28-14)29(26,27)23-18(25)21-10-5-6-13(20-9-10)16-17(24)11-3-1-2-4-12(11)22-16/h1-9H,(H2,21,23,25). The van der Waals surface area contributed by atoms with Crippen LogP contribution in [0.25, 0.3) is 0 Å². The number of para-hydroxylation sites is 1. The monoisotopic (exact) mass is 446 g/mol. The fourth-order valence-corrected chi connectivity index (χ4v) is 5.00. The molecule has 1 aliphatic rings. The Morgan fingerprint density at radius 2 is 1.86 bits per heavy atom. The largest absolute Gasteiger partial charge is 0.333 e. The number of urea groups is 1. The van der Waals surface area contributed by atoms with Crippen LogP contribution in [0, 0.1) is 0 Å². The van der Waals surface area contributed by atoms with Crippen molar-refractivity contribution in [3.63, 3.8) is 0 Å². The SMILES string of the molecule is O=C(Nc1ccc(C2=Nc3ccccc3C2=O)nc1)NS(=O)(=O)c1ccc(Cl)s1. The number of fused-ring (bicyclic) bond motifs is 1. The van der Waals surface area contributed by atoms with Gasteiger partial charge in [0.2, 0.25) is 5.78 Å². The third-order valence-electron chi connectivity index (χ3n) is 3.90. The molecule has 3 aromatic rings. The zero-order valence-electron chi connectivity index (χ0n) is 14.4. The molecule has 2 amide bonds. The summed E-state index contributed by atoms with van der Waals surface area (Å²) >= 11 is 6.56. The lowest BCUT2D eigenvalue weighted by Gasteiger charge is -2.07. The molecule has 29 heavy (non-hydrogen) atoms. The van der Waals surface area contributed by atoms with Crippen molar-refractivity contribution in [1.29, 1.82) is 0 Å². The first-order valence-electron chi connectivity index (χ1n) is 8.11. The number of ketones is 1. The van der Waals surface area contributed by atoms with E-state index in [2.05, 4.69) is 15.3 Å². The number of thiophene rings is 1. The van der Waals surface area contributed by atoms with E-state index < -0.39 is 16.1 Å². The molecule has 0 unspecified atom stereocenters. The first kappa shape index (κ1) is 19.2. The summed E-state index contributed by atoms with van der Waals surface area (Å²) in [7, 11) is -4.03. The van der Waals surface area contributed by atoms with Crippen LogP contribution in [0.5, 0.6) is 0 Å². The van der Waals surface area contributed by atoms with Crippen LogP contribution in [-0.2, 0) is 10.0 Å². The second-order valence-electron chi connectivity index (χ2n) is 5.86. The molecule has 1 aromatic carbocycles. The van der Waals surface area contributed by atoms with E-state index in [1.165, 1.54) is 30.5 Å². The number of aliphatic imine (C=N–C) groups is 1. The van der Waals surface area contributed by atoms with Gasteiger partial charge in [-0.1, -0.05) is 23.7 Å². The number of aromatic nitrogens is 1. The minimum Gasteiger partial charge on any atom is -0.306 e. The fraction of sp³-hybridized carbons (Fsp3) is 0. The van der Waals surface area contributed by atoms with Crippen LogP contribution in [0.3, 0.4) is 0 Å². The summed E-state index contributed by atoms with van der Waals surface area (Å²) in [5, 5.41) is 2.38. The number of benzene rings is 1. The molecule has 4 rings (SSSR count). The molecule has 0 aliphatic carbocycles. The lowest BCUT2D eigenvalue weighted by molar-refractivity contribution is 0.107. The normalized spacial score (nSPS) is 13.0. The lowest BCUT2D eigenvalue weighted by Crippen LogP contribution is -2.34. The number of Topliss-reactive ketones (excluding diaryl/α,β-unsaturated/α-hetero) is 1. The number of anilines is 1. The van der Waals surface area contributed by atoms with Crippen LogP contribution in [-0.4, -0.2) is 30.9 Å². The van der Waals surface area contributed by atoms with Gasteiger partial charge in [-0.05, 0) is 36.4 Å². The number of carbonyl (C=O) groups excluding carboxylic acids is 2. The van der Waals surface area contributed by atoms with E-state index in [0.717, 1.165) is 11.3 Å². The van der Waals surface area contributed by atoms with Crippen LogP contribution >= 0.6 is 22.9 Å². The van der Waals surface area contributed by atoms with Crippen LogP contribution < -0.4 is 10.0 Å². The Morgan fingerprint density at radius 3 is 2.52 bits per heavy atom. The summed E-state index contributed by atoms with van der Waals surface area (Å²) in [5.41, 5.74) is 1.88. The Hall–Kier alpha value is -3.08. The number of rotatable bonds is 4. The number of nitrogens with one attached hydrogen (secondary N) is 2. The molecule has 2 N–H and O–H groups in total. The molecule has 8 nitrogen and oxygen atoms in total. The summed E-state index contributed by atoms with van der Waals surface area (Å²) in [5.74, 6) is -0.229. The van der Waals surface area contributed by atoms with Crippen LogP contribution in [0.15, 0.2) is 63.9 Å². The number of sulfonamides is 1. The van der Waals surface area contributed by atoms with Gasteiger partial charge in [0.15, 0.2) is 0 Å². The molecular weight excluding hydrogens is 436 g/mol. The molecule has 2 aromatic heterocycles. The van der Waals surface area contributed by atoms with Crippen LogP contribution in [0.4, 0.5) is 16.2 Å². The first-order chi connectivity index (χ1) is 13.8. The average molecular weight is 447 g/mol. The molecule has 3 heterocycles. The van der Waals surface area contributed by atoms with Crippen molar-refractivity contribution in [1.82, 2.24) is 9.71 Å². The maximum absolute atomic E-state index is 12.4. The van der Waals surface area contributed by atoms with E-state index in [-0.39, 0.29) is 25.7 Å². The minimum atomic E-state index is -4.03. The van der Waals surface area contributed by atoms with Crippen molar-refractivity contribution in [2.45, 2.75) is 4.21 Å². The summed E-state index contributed by atoms with van der Waals surface area (Å²) in [4.78, 5) is 32.9. The predicted octanol–water partition coefficient (Wildman–Crippen LogP) is 3.62. The summed E-state index contributed by atoms with van der Waals surface area (Å²) in [6.07, 6.45) is 1.31. The second kappa shape index (κ2) is 7.39. The summed E-state index contributed by atoms with van der Waals surface area (Å²) in [6, 6.07) is 11.8. The van der Waals surface area contributed by atoms with Gasteiger partial charge < -0.3 is 5.32 Å². The van der Waals surface area contributed by atoms with E-state index in [1.54, 1.807) is 24.3 Å². The molecule has 0 spiro atoms. The highest BCUT2D eigenvalue weighted by Gasteiger charge is 2.26. The van der Waals surface area contributed by atoms with Crippen molar-refractivity contribution in [3.05, 3.63) is 70.3 Å². The Kier molecular flexibility index (Phi) is 4.91. The van der Waals surface area contributed by atoms with Crippen molar-refractivity contribution in [3.8, 4) is 0 Å². The number of amides is 2. The molecule has 146 valence electrons. The van der Waals surface area contributed by atoms with Crippen molar-refractivity contribution >= 4 is 61.9 Å². The lowest BCUT2D eigenvalue weighted by atomic mass is 10.1.